The van der Waals surface area contributed by atoms with Crippen LogP contribution < -0.4 is 10.2 Å². The molecule has 160 valence electrons. The number of alkyl halides is 3. The number of hydrogen-bond donors (Lipinski definition) is 3. The van der Waals surface area contributed by atoms with Crippen LogP contribution in [0.3, 0.4) is 0 Å². The second-order valence-corrected chi connectivity index (χ2v) is 7.83. The van der Waals surface area contributed by atoms with Crippen molar-refractivity contribution < 1.29 is 23.1 Å². The van der Waals surface area contributed by atoms with Gasteiger partial charge in [-0.25, -0.2) is 14.8 Å². The average molecular weight is 413 g/mol. The van der Waals surface area contributed by atoms with Crippen molar-refractivity contribution in [3.63, 3.8) is 0 Å². The summed E-state index contributed by atoms with van der Waals surface area (Å²) in [6.07, 6.45) is 6.55. The van der Waals surface area contributed by atoms with Gasteiger partial charge in [0, 0.05) is 19.3 Å². The molecule has 0 atom stereocenters. The van der Waals surface area contributed by atoms with Crippen LogP contribution in [0.1, 0.15) is 38.5 Å². The molecular weight excluding hydrogens is 387 g/mol. The van der Waals surface area contributed by atoms with Gasteiger partial charge in [0.15, 0.2) is 0 Å². The number of halogens is 3. The van der Waals surface area contributed by atoms with Crippen LogP contribution in [-0.4, -0.2) is 58.4 Å². The maximum Gasteiger partial charge on any atom is 0.490 e. The van der Waals surface area contributed by atoms with Crippen molar-refractivity contribution >= 4 is 22.8 Å². The lowest BCUT2D eigenvalue weighted by atomic mass is 9.67. The van der Waals surface area contributed by atoms with Crippen LogP contribution in [0.25, 0.3) is 11.0 Å². The number of carboxylic acids is 1. The van der Waals surface area contributed by atoms with Crippen molar-refractivity contribution in [1.29, 1.82) is 0 Å². The van der Waals surface area contributed by atoms with Crippen molar-refractivity contribution in [1.82, 2.24) is 20.3 Å². The summed E-state index contributed by atoms with van der Waals surface area (Å²) in [6, 6.07) is 2.69. The predicted molar refractivity (Wildman–Crippen MR) is 103 cm³/mol. The third-order valence-corrected chi connectivity index (χ3v) is 6.14. The van der Waals surface area contributed by atoms with Crippen molar-refractivity contribution in [2.45, 2.75) is 50.7 Å². The van der Waals surface area contributed by atoms with Gasteiger partial charge in [-0.15, -0.1) is 0 Å². The molecule has 29 heavy (non-hydrogen) atoms. The maximum atomic E-state index is 10.6. The minimum atomic E-state index is -5.08. The zero-order valence-electron chi connectivity index (χ0n) is 16.3. The van der Waals surface area contributed by atoms with Gasteiger partial charge in [0.1, 0.15) is 17.8 Å². The zero-order chi connectivity index (χ0) is 21.1. The Labute approximate surface area is 166 Å². The van der Waals surface area contributed by atoms with Gasteiger partial charge in [-0.1, -0.05) is 0 Å². The Morgan fingerprint density at radius 2 is 1.83 bits per heavy atom. The topological polar surface area (TPSA) is 94.1 Å². The highest BCUT2D eigenvalue weighted by Crippen LogP contribution is 2.44. The number of nitrogens with one attached hydrogen (secondary N) is 2. The molecule has 0 radical (unpaired) electrons. The number of aromatic nitrogens is 3. The highest BCUT2D eigenvalue weighted by Gasteiger charge is 2.38. The molecule has 2 aliphatic rings. The van der Waals surface area contributed by atoms with E-state index in [1.54, 1.807) is 6.33 Å². The van der Waals surface area contributed by atoms with Gasteiger partial charge in [-0.3, -0.25) is 0 Å². The molecule has 0 amide bonds. The van der Waals surface area contributed by atoms with Crippen molar-refractivity contribution in [3.05, 3.63) is 18.6 Å². The fraction of sp³-hybridized carbons (Fsp3) is 0.632. The van der Waals surface area contributed by atoms with Crippen LogP contribution in [0.15, 0.2) is 18.6 Å². The Bertz CT molecular complexity index is 823. The number of carbonyl (C=O) groups is 1. The monoisotopic (exact) mass is 413 g/mol. The molecule has 1 aliphatic carbocycles. The van der Waals surface area contributed by atoms with Crippen LogP contribution >= 0.6 is 0 Å². The van der Waals surface area contributed by atoms with Gasteiger partial charge in [-0.2, -0.15) is 13.2 Å². The molecule has 7 nitrogen and oxygen atoms in total. The summed E-state index contributed by atoms with van der Waals surface area (Å²) in [5.74, 6) is -1.69. The summed E-state index contributed by atoms with van der Waals surface area (Å²) in [5, 5.41) is 11.8. The fourth-order valence-corrected chi connectivity index (χ4v) is 4.37. The fourth-order valence-electron chi connectivity index (χ4n) is 4.37. The maximum absolute atomic E-state index is 10.6. The van der Waals surface area contributed by atoms with Crippen LogP contribution in [0.4, 0.5) is 19.0 Å². The first-order chi connectivity index (χ1) is 13.7. The molecule has 3 N–H and O–H groups in total. The summed E-state index contributed by atoms with van der Waals surface area (Å²) in [6.45, 7) is 2.41. The number of aromatic amines is 1. The Morgan fingerprint density at radius 3 is 2.41 bits per heavy atom. The molecule has 10 heteroatoms. The van der Waals surface area contributed by atoms with Crippen LogP contribution in [0, 0.1) is 5.41 Å². The minimum Gasteiger partial charge on any atom is -0.475 e. The number of aliphatic carboxylic acids is 1. The number of carboxylic acid groups (broad SMARTS) is 1. The van der Waals surface area contributed by atoms with E-state index >= 15 is 0 Å². The number of hydrogen-bond acceptors (Lipinski definition) is 5. The summed E-state index contributed by atoms with van der Waals surface area (Å²) in [4.78, 5) is 23.3. The number of nitrogens with zero attached hydrogens (tertiary/aromatic N) is 3. The quantitative estimate of drug-likeness (QED) is 0.699. The molecule has 1 saturated heterocycles. The van der Waals surface area contributed by atoms with E-state index in [1.807, 2.05) is 6.20 Å². The normalized spacial score (nSPS) is 19.6. The minimum absolute atomic E-state index is 0.605. The van der Waals surface area contributed by atoms with Gasteiger partial charge < -0.3 is 20.3 Å². The summed E-state index contributed by atoms with van der Waals surface area (Å²) in [7, 11) is 2.19. The van der Waals surface area contributed by atoms with Crippen molar-refractivity contribution in [2.75, 3.05) is 25.0 Å². The van der Waals surface area contributed by atoms with E-state index in [1.165, 1.54) is 51.6 Å². The number of rotatable bonds is 2. The van der Waals surface area contributed by atoms with E-state index in [9.17, 15) is 13.2 Å². The molecule has 3 heterocycles. The predicted octanol–water partition coefficient (Wildman–Crippen LogP) is 3.34. The zero-order valence-corrected chi connectivity index (χ0v) is 16.3. The highest BCUT2D eigenvalue weighted by atomic mass is 19.4. The third-order valence-electron chi connectivity index (χ3n) is 6.14. The van der Waals surface area contributed by atoms with Gasteiger partial charge in [-0.05, 0) is 63.1 Å². The van der Waals surface area contributed by atoms with Crippen LogP contribution in [0.5, 0.6) is 0 Å². The Kier molecular flexibility index (Phi) is 6.30. The first kappa shape index (κ1) is 21.4. The molecule has 1 spiro atoms. The molecule has 1 saturated carbocycles. The first-order valence-corrected chi connectivity index (χ1v) is 9.74. The van der Waals surface area contributed by atoms with Gasteiger partial charge >= 0.3 is 12.1 Å². The Balaban J connectivity index is 0.000000298. The van der Waals surface area contributed by atoms with E-state index < -0.39 is 12.1 Å². The average Bonchev–Trinajstić information content (AvgIpc) is 3.17. The lowest BCUT2D eigenvalue weighted by Gasteiger charge is -2.45. The van der Waals surface area contributed by atoms with Crippen molar-refractivity contribution in [2.24, 2.45) is 5.41 Å². The van der Waals surface area contributed by atoms with E-state index in [4.69, 9.17) is 9.90 Å². The Morgan fingerprint density at radius 1 is 1.21 bits per heavy atom. The summed E-state index contributed by atoms with van der Waals surface area (Å²) >= 11 is 0. The second kappa shape index (κ2) is 8.56. The second-order valence-electron chi connectivity index (χ2n) is 7.83. The van der Waals surface area contributed by atoms with E-state index in [0.717, 1.165) is 16.9 Å². The molecule has 1 aliphatic heterocycles. The lowest BCUT2D eigenvalue weighted by molar-refractivity contribution is -0.192. The number of anilines is 1. The number of H-pyrrole nitrogens is 1. The van der Waals surface area contributed by atoms with Gasteiger partial charge in [0.2, 0.25) is 0 Å². The molecule has 2 fully saturated rings. The summed E-state index contributed by atoms with van der Waals surface area (Å²) < 4.78 is 31.7. The first-order valence-electron chi connectivity index (χ1n) is 9.74. The SMILES string of the molecule is CN(c1ncnc2[nH]ccc12)C1CCC2(CCNCC2)CC1.O=C(O)C(F)(F)F. The standard InChI is InChI=1S/C17H25N5.C2HF3O2/c1-22(16-14-4-9-19-15(14)20-12-21-16)13-2-5-17(6-3-13)7-10-18-11-8-17;3-2(4,5)1(6)7/h4,9,12-13,18H,2-3,5-8,10-11H2,1H3,(H,19,20,21);(H,6,7). The van der Waals surface area contributed by atoms with Gasteiger partial charge in [0.25, 0.3) is 0 Å². The largest absolute Gasteiger partial charge is 0.490 e. The molecule has 0 aromatic carbocycles. The molecule has 2 aromatic rings. The summed E-state index contributed by atoms with van der Waals surface area (Å²) in [5.41, 5.74) is 1.56. The van der Waals surface area contributed by atoms with Crippen LogP contribution in [0.2, 0.25) is 0 Å². The highest BCUT2D eigenvalue weighted by molar-refractivity contribution is 5.87. The molecule has 0 unspecified atom stereocenters. The lowest BCUT2D eigenvalue weighted by Crippen LogP contribution is -2.43. The van der Waals surface area contributed by atoms with E-state index in [2.05, 4.69) is 38.3 Å². The molecule has 4 rings (SSSR count). The smallest absolute Gasteiger partial charge is 0.475 e. The Hall–Kier alpha value is -2.36. The van der Waals surface area contributed by atoms with Crippen LogP contribution in [-0.2, 0) is 4.79 Å². The van der Waals surface area contributed by atoms with E-state index in [0.29, 0.717) is 11.5 Å². The molecule has 0 bridgehead atoms. The molecule has 2 aromatic heterocycles. The van der Waals surface area contributed by atoms with E-state index in [-0.39, 0.29) is 0 Å². The third kappa shape index (κ3) is 4.98. The molecular formula is C19H26F3N5O2. The van der Waals surface area contributed by atoms with Crippen molar-refractivity contribution in [3.8, 4) is 0 Å². The number of fused-ring (bicyclic) bond motifs is 1. The number of piperidine rings is 1. The van der Waals surface area contributed by atoms with Gasteiger partial charge in [0.05, 0.1) is 5.39 Å².